The summed E-state index contributed by atoms with van der Waals surface area (Å²) in [5.41, 5.74) is 1.16. The maximum atomic E-state index is 14.0. The van der Waals surface area contributed by atoms with Gasteiger partial charge < -0.3 is 0 Å². The van der Waals surface area contributed by atoms with Crippen molar-refractivity contribution in [2.45, 2.75) is 38.1 Å². The monoisotopic (exact) mass is 356 g/mol. The van der Waals surface area contributed by atoms with Crippen LogP contribution < -0.4 is 5.56 Å². The molecule has 4 rings (SSSR count). The van der Waals surface area contributed by atoms with Gasteiger partial charge >= 0.3 is 0 Å². The van der Waals surface area contributed by atoms with Gasteiger partial charge in [0.2, 0.25) is 0 Å². The minimum Gasteiger partial charge on any atom is -0.289 e. The van der Waals surface area contributed by atoms with Crippen molar-refractivity contribution in [3.05, 3.63) is 63.7 Å². The Hall–Kier alpha value is -2.20. The molecule has 0 atom stereocenters. The van der Waals surface area contributed by atoms with Gasteiger partial charge in [-0.1, -0.05) is 43.0 Å². The van der Waals surface area contributed by atoms with E-state index in [0.29, 0.717) is 22.3 Å². The van der Waals surface area contributed by atoms with Crippen molar-refractivity contribution in [1.29, 1.82) is 0 Å². The average molecular weight is 357 g/mol. The lowest BCUT2D eigenvalue weighted by atomic mass is 9.94. The Bertz CT molecular complexity index is 993. The highest BCUT2D eigenvalue weighted by Crippen LogP contribution is 2.32. The van der Waals surface area contributed by atoms with Gasteiger partial charge in [0.1, 0.15) is 11.6 Å². The number of nitrogens with zero attached hydrogens (tertiary/aromatic N) is 2. The Morgan fingerprint density at radius 2 is 1.84 bits per heavy atom. The predicted molar refractivity (Wildman–Crippen MR) is 98.5 cm³/mol. The molecule has 0 aliphatic heterocycles. The SMILES string of the molecule is O=c1c2ccccc2nc(-c2ccc(Cl)c(F)c2)n1C1CCCCC1. The Kier molecular flexibility index (Phi) is 4.30. The van der Waals surface area contributed by atoms with Crippen molar-refractivity contribution in [1.82, 2.24) is 9.55 Å². The van der Waals surface area contributed by atoms with Crippen LogP contribution in [0.3, 0.4) is 0 Å². The highest BCUT2D eigenvalue weighted by atomic mass is 35.5. The van der Waals surface area contributed by atoms with E-state index in [4.69, 9.17) is 16.6 Å². The molecule has 1 aliphatic rings. The molecule has 1 aliphatic carbocycles. The zero-order chi connectivity index (χ0) is 17.4. The summed E-state index contributed by atoms with van der Waals surface area (Å²) in [5.74, 6) is 0.0166. The first kappa shape index (κ1) is 16.3. The molecule has 0 unspecified atom stereocenters. The first-order chi connectivity index (χ1) is 12.1. The zero-order valence-electron chi connectivity index (χ0n) is 13.7. The molecule has 128 valence electrons. The fourth-order valence-corrected chi connectivity index (χ4v) is 3.78. The van der Waals surface area contributed by atoms with E-state index < -0.39 is 5.82 Å². The molecular formula is C20H18ClFN2O. The van der Waals surface area contributed by atoms with E-state index in [1.807, 2.05) is 18.2 Å². The van der Waals surface area contributed by atoms with Crippen LogP contribution in [0.2, 0.25) is 5.02 Å². The van der Waals surface area contributed by atoms with Gasteiger partial charge in [-0.25, -0.2) is 9.37 Å². The molecule has 1 heterocycles. The molecule has 0 radical (unpaired) electrons. The van der Waals surface area contributed by atoms with Crippen LogP contribution >= 0.6 is 11.6 Å². The predicted octanol–water partition coefficient (Wildman–Crippen LogP) is 5.36. The van der Waals surface area contributed by atoms with Crippen LogP contribution in [-0.2, 0) is 0 Å². The Balaban J connectivity index is 2.00. The van der Waals surface area contributed by atoms with Crippen LogP contribution in [0.1, 0.15) is 38.1 Å². The third kappa shape index (κ3) is 2.95. The lowest BCUT2D eigenvalue weighted by Crippen LogP contribution is -2.29. The van der Waals surface area contributed by atoms with E-state index in [2.05, 4.69) is 0 Å². The minimum atomic E-state index is -0.503. The highest BCUT2D eigenvalue weighted by molar-refractivity contribution is 6.30. The van der Waals surface area contributed by atoms with Crippen LogP contribution in [-0.4, -0.2) is 9.55 Å². The summed E-state index contributed by atoms with van der Waals surface area (Å²) in [6.07, 6.45) is 5.28. The second-order valence-electron chi connectivity index (χ2n) is 6.55. The van der Waals surface area contributed by atoms with Crippen LogP contribution in [0.4, 0.5) is 4.39 Å². The maximum absolute atomic E-state index is 14.0. The Morgan fingerprint density at radius 1 is 1.08 bits per heavy atom. The molecule has 0 amide bonds. The Morgan fingerprint density at radius 3 is 2.60 bits per heavy atom. The summed E-state index contributed by atoms with van der Waals surface area (Å²) >= 11 is 5.82. The quantitative estimate of drug-likeness (QED) is 0.619. The van der Waals surface area contributed by atoms with Gasteiger partial charge in [-0.3, -0.25) is 9.36 Å². The molecule has 0 bridgehead atoms. The van der Waals surface area contributed by atoms with E-state index in [-0.39, 0.29) is 16.6 Å². The second kappa shape index (κ2) is 6.60. The molecular weight excluding hydrogens is 339 g/mol. The van der Waals surface area contributed by atoms with Crippen molar-refractivity contribution in [3.8, 4) is 11.4 Å². The highest BCUT2D eigenvalue weighted by Gasteiger charge is 2.22. The van der Waals surface area contributed by atoms with Crippen LogP contribution in [0.5, 0.6) is 0 Å². The lowest BCUT2D eigenvalue weighted by Gasteiger charge is -2.26. The van der Waals surface area contributed by atoms with E-state index in [1.165, 1.54) is 18.6 Å². The molecule has 2 aromatic carbocycles. The second-order valence-corrected chi connectivity index (χ2v) is 6.96. The minimum absolute atomic E-state index is 0.0529. The first-order valence-electron chi connectivity index (χ1n) is 8.62. The maximum Gasteiger partial charge on any atom is 0.261 e. The van der Waals surface area contributed by atoms with Crippen LogP contribution in [0.15, 0.2) is 47.3 Å². The van der Waals surface area contributed by atoms with Crippen molar-refractivity contribution < 1.29 is 4.39 Å². The van der Waals surface area contributed by atoms with Gasteiger partial charge in [0.25, 0.3) is 5.56 Å². The fourth-order valence-electron chi connectivity index (χ4n) is 3.66. The summed E-state index contributed by atoms with van der Waals surface area (Å²) in [4.78, 5) is 17.9. The molecule has 3 nitrogen and oxygen atoms in total. The number of hydrogen-bond donors (Lipinski definition) is 0. The largest absolute Gasteiger partial charge is 0.289 e. The average Bonchev–Trinajstić information content (AvgIpc) is 2.64. The lowest BCUT2D eigenvalue weighted by molar-refractivity contribution is 0.348. The summed E-state index contributed by atoms with van der Waals surface area (Å²) in [7, 11) is 0. The number of fused-ring (bicyclic) bond motifs is 1. The van der Waals surface area contributed by atoms with E-state index in [1.54, 1.807) is 16.7 Å². The van der Waals surface area contributed by atoms with Gasteiger partial charge in [0, 0.05) is 11.6 Å². The summed E-state index contributed by atoms with van der Waals surface area (Å²) in [5, 5.41) is 0.669. The van der Waals surface area contributed by atoms with Crippen molar-refractivity contribution in [2.24, 2.45) is 0 Å². The number of rotatable bonds is 2. The molecule has 3 aromatic rings. The molecule has 1 fully saturated rings. The summed E-state index contributed by atoms with van der Waals surface area (Å²) in [6.45, 7) is 0. The molecule has 0 saturated heterocycles. The Labute approximate surface area is 150 Å². The third-order valence-electron chi connectivity index (χ3n) is 4.93. The molecule has 0 N–H and O–H groups in total. The van der Waals surface area contributed by atoms with E-state index in [9.17, 15) is 9.18 Å². The van der Waals surface area contributed by atoms with E-state index >= 15 is 0 Å². The van der Waals surface area contributed by atoms with Crippen LogP contribution in [0, 0.1) is 5.82 Å². The molecule has 25 heavy (non-hydrogen) atoms. The van der Waals surface area contributed by atoms with Gasteiger partial charge in [0.05, 0.1) is 15.9 Å². The van der Waals surface area contributed by atoms with Crippen molar-refractivity contribution >= 4 is 22.5 Å². The number of benzene rings is 2. The number of hydrogen-bond acceptors (Lipinski definition) is 2. The van der Waals surface area contributed by atoms with E-state index in [0.717, 1.165) is 25.7 Å². The molecule has 1 aromatic heterocycles. The topological polar surface area (TPSA) is 34.9 Å². The number of para-hydroxylation sites is 1. The number of aromatic nitrogens is 2. The van der Waals surface area contributed by atoms with Crippen LogP contribution in [0.25, 0.3) is 22.3 Å². The smallest absolute Gasteiger partial charge is 0.261 e. The molecule has 0 spiro atoms. The zero-order valence-corrected chi connectivity index (χ0v) is 14.5. The van der Waals surface area contributed by atoms with Gasteiger partial charge in [-0.05, 0) is 43.2 Å². The normalized spacial score (nSPS) is 15.6. The van der Waals surface area contributed by atoms with Crippen molar-refractivity contribution in [2.75, 3.05) is 0 Å². The van der Waals surface area contributed by atoms with Gasteiger partial charge in [-0.2, -0.15) is 0 Å². The molecule has 1 saturated carbocycles. The summed E-state index contributed by atoms with van der Waals surface area (Å²) in [6, 6.07) is 12.0. The fraction of sp³-hybridized carbons (Fsp3) is 0.300. The summed E-state index contributed by atoms with van der Waals surface area (Å²) < 4.78 is 15.8. The first-order valence-corrected chi connectivity index (χ1v) is 8.99. The van der Waals surface area contributed by atoms with Gasteiger partial charge in [0.15, 0.2) is 0 Å². The van der Waals surface area contributed by atoms with Gasteiger partial charge in [-0.15, -0.1) is 0 Å². The van der Waals surface area contributed by atoms with Crippen molar-refractivity contribution in [3.63, 3.8) is 0 Å². The standard InChI is InChI=1S/C20H18ClFN2O/c21-16-11-10-13(12-17(16)22)19-23-18-9-5-4-8-15(18)20(25)24(19)14-6-2-1-3-7-14/h4-5,8-12,14H,1-3,6-7H2. The number of halogens is 2. The third-order valence-corrected chi connectivity index (χ3v) is 5.23. The molecule has 5 heteroatoms.